The minimum Gasteiger partial charge on any atom is -0.306 e. The van der Waals surface area contributed by atoms with Gasteiger partial charge in [-0.2, -0.15) is 5.26 Å². The summed E-state index contributed by atoms with van der Waals surface area (Å²) in [6.45, 7) is 2.95. The van der Waals surface area contributed by atoms with Crippen molar-refractivity contribution in [2.75, 3.05) is 20.6 Å². The molecule has 14 heavy (non-hydrogen) atoms. The Kier molecular flexibility index (Phi) is 3.91. The van der Waals surface area contributed by atoms with Gasteiger partial charge in [-0.3, -0.25) is 5.32 Å². The van der Waals surface area contributed by atoms with Crippen LogP contribution >= 0.6 is 0 Å². The maximum atomic E-state index is 9.24. The lowest BCUT2D eigenvalue weighted by molar-refractivity contribution is 0.169. The molecule has 80 valence electrons. The standard InChI is InChI=1S/C11H21N3/c1-4-13-11(9-12)7-5-6-10(8-11)14(2)3/h10,13H,4-8H2,1-3H3. The molecule has 1 aliphatic carbocycles. The summed E-state index contributed by atoms with van der Waals surface area (Å²) in [5, 5.41) is 12.6. The molecule has 3 nitrogen and oxygen atoms in total. The Morgan fingerprint density at radius 3 is 2.79 bits per heavy atom. The molecule has 2 atom stereocenters. The van der Waals surface area contributed by atoms with Gasteiger partial charge in [-0.05, 0) is 46.3 Å². The van der Waals surface area contributed by atoms with E-state index in [2.05, 4.69) is 37.3 Å². The molecular weight excluding hydrogens is 174 g/mol. The summed E-state index contributed by atoms with van der Waals surface area (Å²) in [5.74, 6) is 0. The highest BCUT2D eigenvalue weighted by Gasteiger charge is 2.36. The first kappa shape index (κ1) is 11.5. The summed E-state index contributed by atoms with van der Waals surface area (Å²) in [4.78, 5) is 2.24. The Bertz CT molecular complexity index is 215. The second kappa shape index (κ2) is 4.77. The molecular formula is C11H21N3. The Labute approximate surface area is 87.1 Å². The summed E-state index contributed by atoms with van der Waals surface area (Å²) in [6.07, 6.45) is 4.34. The van der Waals surface area contributed by atoms with Crippen molar-refractivity contribution < 1.29 is 0 Å². The van der Waals surface area contributed by atoms with Crippen molar-refractivity contribution in [2.45, 2.75) is 44.2 Å². The molecule has 0 bridgehead atoms. The highest BCUT2D eigenvalue weighted by molar-refractivity contribution is 5.10. The van der Waals surface area contributed by atoms with Crippen molar-refractivity contribution in [1.82, 2.24) is 10.2 Å². The molecule has 0 aliphatic heterocycles. The van der Waals surface area contributed by atoms with Gasteiger partial charge in [-0.15, -0.1) is 0 Å². The minimum absolute atomic E-state index is 0.262. The molecule has 0 spiro atoms. The summed E-state index contributed by atoms with van der Waals surface area (Å²) in [7, 11) is 4.20. The maximum absolute atomic E-state index is 9.24. The normalized spacial score (nSPS) is 32.9. The van der Waals surface area contributed by atoms with Gasteiger partial charge >= 0.3 is 0 Å². The molecule has 1 N–H and O–H groups in total. The molecule has 1 rings (SSSR count). The van der Waals surface area contributed by atoms with E-state index in [0.29, 0.717) is 6.04 Å². The van der Waals surface area contributed by atoms with Crippen molar-refractivity contribution in [1.29, 1.82) is 5.26 Å². The van der Waals surface area contributed by atoms with E-state index in [1.54, 1.807) is 0 Å². The maximum Gasteiger partial charge on any atom is 0.108 e. The average molecular weight is 195 g/mol. The molecule has 0 aromatic carbocycles. The van der Waals surface area contributed by atoms with E-state index < -0.39 is 0 Å². The largest absolute Gasteiger partial charge is 0.306 e. The molecule has 1 fully saturated rings. The second-order valence-corrected chi connectivity index (χ2v) is 4.44. The first-order valence-electron chi connectivity index (χ1n) is 5.46. The van der Waals surface area contributed by atoms with Crippen LogP contribution in [0.15, 0.2) is 0 Å². The molecule has 1 saturated carbocycles. The topological polar surface area (TPSA) is 39.1 Å². The fourth-order valence-electron chi connectivity index (χ4n) is 2.33. The predicted octanol–water partition coefficient (Wildman–Crippen LogP) is 1.36. The van der Waals surface area contributed by atoms with Crippen LogP contribution in [0.2, 0.25) is 0 Å². The van der Waals surface area contributed by atoms with E-state index in [0.717, 1.165) is 25.8 Å². The van der Waals surface area contributed by atoms with Gasteiger partial charge in [-0.1, -0.05) is 6.92 Å². The Morgan fingerprint density at radius 1 is 1.57 bits per heavy atom. The van der Waals surface area contributed by atoms with Crippen LogP contribution < -0.4 is 5.32 Å². The van der Waals surface area contributed by atoms with Crippen LogP contribution in [0.25, 0.3) is 0 Å². The molecule has 0 aromatic rings. The Balaban J connectivity index is 2.65. The molecule has 0 aromatic heterocycles. The van der Waals surface area contributed by atoms with Crippen LogP contribution in [0, 0.1) is 11.3 Å². The molecule has 0 amide bonds. The quantitative estimate of drug-likeness (QED) is 0.739. The first-order valence-corrected chi connectivity index (χ1v) is 5.46. The van der Waals surface area contributed by atoms with Gasteiger partial charge in [0.2, 0.25) is 0 Å². The second-order valence-electron chi connectivity index (χ2n) is 4.44. The lowest BCUT2D eigenvalue weighted by Gasteiger charge is -2.39. The third-order valence-corrected chi connectivity index (χ3v) is 3.18. The fourth-order valence-corrected chi connectivity index (χ4v) is 2.33. The van der Waals surface area contributed by atoms with Crippen LogP contribution in [0.1, 0.15) is 32.6 Å². The van der Waals surface area contributed by atoms with Gasteiger partial charge in [0.25, 0.3) is 0 Å². The Morgan fingerprint density at radius 2 is 2.29 bits per heavy atom. The Hall–Kier alpha value is -0.590. The van der Waals surface area contributed by atoms with Crippen molar-refractivity contribution in [3.05, 3.63) is 0 Å². The zero-order valence-electron chi connectivity index (χ0n) is 9.51. The highest BCUT2D eigenvalue weighted by Crippen LogP contribution is 2.29. The zero-order chi connectivity index (χ0) is 10.6. The van der Waals surface area contributed by atoms with Gasteiger partial charge in [0.15, 0.2) is 0 Å². The highest BCUT2D eigenvalue weighted by atomic mass is 15.1. The lowest BCUT2D eigenvalue weighted by atomic mass is 9.79. The van der Waals surface area contributed by atoms with Gasteiger partial charge in [0, 0.05) is 6.04 Å². The zero-order valence-corrected chi connectivity index (χ0v) is 9.51. The van der Waals surface area contributed by atoms with E-state index in [1.807, 2.05) is 0 Å². The summed E-state index contributed by atoms with van der Waals surface area (Å²) in [6, 6.07) is 3.02. The van der Waals surface area contributed by atoms with E-state index in [-0.39, 0.29) is 5.54 Å². The summed E-state index contributed by atoms with van der Waals surface area (Å²) in [5.41, 5.74) is -0.262. The number of nitrogens with zero attached hydrogens (tertiary/aromatic N) is 2. The molecule has 0 heterocycles. The number of nitrogens with one attached hydrogen (secondary N) is 1. The third kappa shape index (κ3) is 2.46. The third-order valence-electron chi connectivity index (χ3n) is 3.18. The average Bonchev–Trinajstić information content (AvgIpc) is 2.18. The van der Waals surface area contributed by atoms with Crippen LogP contribution in [0.4, 0.5) is 0 Å². The van der Waals surface area contributed by atoms with Crippen molar-refractivity contribution in [3.63, 3.8) is 0 Å². The van der Waals surface area contributed by atoms with Gasteiger partial charge in [0.05, 0.1) is 6.07 Å². The van der Waals surface area contributed by atoms with E-state index in [1.165, 1.54) is 6.42 Å². The molecule has 0 saturated heterocycles. The molecule has 2 unspecified atom stereocenters. The van der Waals surface area contributed by atoms with Gasteiger partial charge < -0.3 is 4.90 Å². The number of hydrogen-bond donors (Lipinski definition) is 1. The van der Waals surface area contributed by atoms with Gasteiger partial charge in [0.1, 0.15) is 5.54 Å². The van der Waals surface area contributed by atoms with Crippen LogP contribution in [-0.2, 0) is 0 Å². The van der Waals surface area contributed by atoms with E-state index in [4.69, 9.17) is 0 Å². The number of rotatable bonds is 3. The molecule has 3 heteroatoms. The SMILES string of the molecule is CCNC1(C#N)CCCC(N(C)C)C1. The first-order chi connectivity index (χ1) is 6.63. The molecule has 0 radical (unpaired) electrons. The van der Waals surface area contributed by atoms with Crippen molar-refractivity contribution >= 4 is 0 Å². The van der Waals surface area contributed by atoms with Crippen LogP contribution in [0.5, 0.6) is 0 Å². The summed E-state index contributed by atoms with van der Waals surface area (Å²) < 4.78 is 0. The van der Waals surface area contributed by atoms with Crippen LogP contribution in [-0.4, -0.2) is 37.1 Å². The molecule has 1 aliphatic rings. The number of hydrogen-bond acceptors (Lipinski definition) is 3. The smallest absolute Gasteiger partial charge is 0.108 e. The van der Waals surface area contributed by atoms with Crippen molar-refractivity contribution in [3.8, 4) is 6.07 Å². The lowest BCUT2D eigenvalue weighted by Crippen LogP contribution is -2.51. The van der Waals surface area contributed by atoms with E-state index in [9.17, 15) is 5.26 Å². The van der Waals surface area contributed by atoms with Crippen molar-refractivity contribution in [2.24, 2.45) is 0 Å². The van der Waals surface area contributed by atoms with E-state index >= 15 is 0 Å². The van der Waals surface area contributed by atoms with Crippen LogP contribution in [0.3, 0.4) is 0 Å². The minimum atomic E-state index is -0.262. The fraction of sp³-hybridized carbons (Fsp3) is 0.909. The number of nitriles is 1. The predicted molar refractivity (Wildman–Crippen MR) is 58.0 cm³/mol. The summed E-state index contributed by atoms with van der Waals surface area (Å²) >= 11 is 0. The van der Waals surface area contributed by atoms with Gasteiger partial charge in [-0.25, -0.2) is 0 Å². The monoisotopic (exact) mass is 195 g/mol.